The van der Waals surface area contributed by atoms with Crippen molar-refractivity contribution in [3.05, 3.63) is 34.4 Å². The van der Waals surface area contributed by atoms with E-state index in [4.69, 9.17) is 0 Å². The number of benzene rings is 1. The Morgan fingerprint density at radius 2 is 2.27 bits per heavy atom. The first-order valence-electron chi connectivity index (χ1n) is 4.90. The second-order valence-corrected chi connectivity index (χ2v) is 4.46. The van der Waals surface area contributed by atoms with E-state index >= 15 is 0 Å². The van der Waals surface area contributed by atoms with Gasteiger partial charge in [0.1, 0.15) is 6.29 Å². The second kappa shape index (κ2) is 4.19. The van der Waals surface area contributed by atoms with E-state index in [0.717, 1.165) is 17.2 Å². The van der Waals surface area contributed by atoms with Gasteiger partial charge in [0.2, 0.25) is 0 Å². The van der Waals surface area contributed by atoms with E-state index in [1.54, 1.807) is 0 Å². The van der Waals surface area contributed by atoms with E-state index in [1.807, 2.05) is 13.1 Å². The first-order valence-corrected chi connectivity index (χ1v) is 5.69. The van der Waals surface area contributed by atoms with Crippen molar-refractivity contribution in [3.8, 4) is 0 Å². The van der Waals surface area contributed by atoms with Gasteiger partial charge in [-0.25, -0.2) is 0 Å². The molecule has 0 radical (unpaired) electrons. The highest BCUT2D eigenvalue weighted by molar-refractivity contribution is 9.10. The Morgan fingerprint density at radius 3 is 3.00 bits per heavy atom. The van der Waals surface area contributed by atoms with Crippen molar-refractivity contribution in [2.24, 2.45) is 7.05 Å². The van der Waals surface area contributed by atoms with Gasteiger partial charge in [0.15, 0.2) is 0 Å². The van der Waals surface area contributed by atoms with Crippen LogP contribution in [0.5, 0.6) is 0 Å². The lowest BCUT2D eigenvalue weighted by Crippen LogP contribution is -1.92. The third-order valence-electron chi connectivity index (χ3n) is 2.57. The van der Waals surface area contributed by atoms with E-state index in [9.17, 15) is 4.79 Å². The summed E-state index contributed by atoms with van der Waals surface area (Å²) in [5.41, 5.74) is 2.44. The van der Waals surface area contributed by atoms with Gasteiger partial charge in [-0.2, -0.15) is 0 Å². The molecular weight excluding hydrogens is 254 g/mol. The lowest BCUT2D eigenvalue weighted by molar-refractivity contribution is -0.107. The van der Waals surface area contributed by atoms with Gasteiger partial charge in [0.25, 0.3) is 0 Å². The average molecular weight is 266 g/mol. The Kier molecular flexibility index (Phi) is 2.91. The van der Waals surface area contributed by atoms with Crippen LogP contribution in [0.25, 0.3) is 10.9 Å². The van der Waals surface area contributed by atoms with Crippen LogP contribution in [0.4, 0.5) is 0 Å². The molecule has 15 heavy (non-hydrogen) atoms. The molecule has 0 atom stereocenters. The summed E-state index contributed by atoms with van der Waals surface area (Å²) in [6.45, 7) is 0. The fourth-order valence-corrected chi connectivity index (χ4v) is 2.55. The lowest BCUT2D eigenvalue weighted by Gasteiger charge is -2.03. The van der Waals surface area contributed by atoms with Crippen molar-refractivity contribution in [2.45, 2.75) is 12.8 Å². The van der Waals surface area contributed by atoms with Crippen molar-refractivity contribution in [1.29, 1.82) is 0 Å². The summed E-state index contributed by atoms with van der Waals surface area (Å²) in [7, 11) is 2.03. The number of nitrogens with zero attached hydrogens (tertiary/aromatic N) is 1. The van der Waals surface area contributed by atoms with Gasteiger partial charge < -0.3 is 9.36 Å². The number of carbonyl (C=O) groups excluding carboxylic acids is 1. The molecule has 0 amide bonds. The predicted molar refractivity (Wildman–Crippen MR) is 65.0 cm³/mol. The Labute approximate surface area is 97.0 Å². The molecule has 0 unspecified atom stereocenters. The summed E-state index contributed by atoms with van der Waals surface area (Å²) < 4.78 is 3.20. The van der Waals surface area contributed by atoms with Crippen LogP contribution in [0, 0.1) is 0 Å². The Hall–Kier alpha value is -1.09. The number of carbonyl (C=O) groups is 1. The van der Waals surface area contributed by atoms with Crippen LogP contribution in [0.2, 0.25) is 0 Å². The van der Waals surface area contributed by atoms with Crippen LogP contribution < -0.4 is 0 Å². The summed E-state index contributed by atoms with van der Waals surface area (Å²) in [6, 6.07) is 6.20. The molecule has 2 aromatic rings. The molecule has 0 saturated carbocycles. The number of hydrogen-bond acceptors (Lipinski definition) is 1. The van der Waals surface area contributed by atoms with Crippen LogP contribution in [0.1, 0.15) is 12.0 Å². The maximum absolute atomic E-state index is 10.4. The molecule has 1 aromatic carbocycles. The summed E-state index contributed by atoms with van der Waals surface area (Å²) >= 11 is 3.53. The van der Waals surface area contributed by atoms with E-state index in [0.29, 0.717) is 6.42 Å². The van der Waals surface area contributed by atoms with Gasteiger partial charge in [-0.3, -0.25) is 0 Å². The van der Waals surface area contributed by atoms with Crippen molar-refractivity contribution >= 4 is 33.1 Å². The van der Waals surface area contributed by atoms with Crippen molar-refractivity contribution < 1.29 is 4.79 Å². The van der Waals surface area contributed by atoms with Crippen molar-refractivity contribution in [3.63, 3.8) is 0 Å². The summed E-state index contributed by atoms with van der Waals surface area (Å²) in [5.74, 6) is 0. The standard InChI is InChI=1S/C12H12BrNO/c1-14-8-11(13)10-6-2-4-9(12(10)14)5-3-7-15/h2,4,6-8H,3,5H2,1H3. The largest absolute Gasteiger partial charge is 0.349 e. The normalized spacial score (nSPS) is 10.8. The summed E-state index contributed by atoms with van der Waals surface area (Å²) in [6.07, 6.45) is 4.42. The minimum Gasteiger partial charge on any atom is -0.349 e. The number of rotatable bonds is 3. The van der Waals surface area contributed by atoms with Gasteiger partial charge in [0, 0.05) is 29.5 Å². The van der Waals surface area contributed by atoms with Crippen LogP contribution in [0.15, 0.2) is 28.9 Å². The minimum atomic E-state index is 0.585. The first-order chi connectivity index (χ1) is 7.24. The summed E-state index contributed by atoms with van der Waals surface area (Å²) in [4.78, 5) is 10.4. The lowest BCUT2D eigenvalue weighted by atomic mass is 10.1. The second-order valence-electron chi connectivity index (χ2n) is 3.61. The molecule has 0 spiro atoms. The molecule has 1 aromatic heterocycles. The molecule has 2 nitrogen and oxygen atoms in total. The topological polar surface area (TPSA) is 22.0 Å². The molecule has 0 N–H and O–H groups in total. The number of fused-ring (bicyclic) bond motifs is 1. The molecule has 0 fully saturated rings. The molecule has 0 saturated heterocycles. The molecule has 0 aliphatic heterocycles. The zero-order valence-corrected chi connectivity index (χ0v) is 10.1. The van der Waals surface area contributed by atoms with Gasteiger partial charge in [-0.15, -0.1) is 0 Å². The van der Waals surface area contributed by atoms with Crippen LogP contribution >= 0.6 is 15.9 Å². The van der Waals surface area contributed by atoms with Gasteiger partial charge >= 0.3 is 0 Å². The highest BCUT2D eigenvalue weighted by Crippen LogP contribution is 2.28. The molecule has 0 aliphatic rings. The molecule has 3 heteroatoms. The smallest absolute Gasteiger partial charge is 0.120 e. The minimum absolute atomic E-state index is 0.585. The predicted octanol–water partition coefficient (Wildman–Crippen LogP) is 3.07. The monoisotopic (exact) mass is 265 g/mol. The molecule has 0 aliphatic carbocycles. The van der Waals surface area contributed by atoms with E-state index in [-0.39, 0.29) is 0 Å². The Balaban J connectivity index is 2.58. The zero-order valence-electron chi connectivity index (χ0n) is 8.53. The quantitative estimate of drug-likeness (QED) is 0.782. The molecule has 78 valence electrons. The third-order valence-corrected chi connectivity index (χ3v) is 3.20. The van der Waals surface area contributed by atoms with Crippen LogP contribution in [-0.4, -0.2) is 10.9 Å². The number of aldehydes is 1. The van der Waals surface area contributed by atoms with E-state index in [1.165, 1.54) is 16.5 Å². The number of para-hydroxylation sites is 1. The highest BCUT2D eigenvalue weighted by atomic mass is 79.9. The summed E-state index contributed by atoms with van der Waals surface area (Å²) in [5, 5.41) is 1.21. The number of aryl methyl sites for hydroxylation is 2. The molecular formula is C12H12BrNO. The van der Waals surface area contributed by atoms with Crippen molar-refractivity contribution in [2.75, 3.05) is 0 Å². The highest BCUT2D eigenvalue weighted by Gasteiger charge is 2.07. The third kappa shape index (κ3) is 1.84. The van der Waals surface area contributed by atoms with Gasteiger partial charge in [-0.05, 0) is 27.9 Å². The Morgan fingerprint density at radius 1 is 1.47 bits per heavy atom. The number of halogens is 1. The Bertz CT molecular complexity index is 502. The number of aromatic nitrogens is 1. The van der Waals surface area contributed by atoms with E-state index in [2.05, 4.69) is 38.8 Å². The molecule has 2 rings (SSSR count). The van der Waals surface area contributed by atoms with Gasteiger partial charge in [0.05, 0.1) is 5.52 Å². The maximum atomic E-state index is 10.4. The van der Waals surface area contributed by atoms with Crippen molar-refractivity contribution in [1.82, 2.24) is 4.57 Å². The van der Waals surface area contributed by atoms with E-state index < -0.39 is 0 Å². The van der Waals surface area contributed by atoms with Crippen LogP contribution in [0.3, 0.4) is 0 Å². The zero-order chi connectivity index (χ0) is 10.8. The fraction of sp³-hybridized carbons (Fsp3) is 0.250. The van der Waals surface area contributed by atoms with Gasteiger partial charge in [-0.1, -0.05) is 18.2 Å². The maximum Gasteiger partial charge on any atom is 0.120 e. The van der Waals surface area contributed by atoms with Crippen LogP contribution in [-0.2, 0) is 18.3 Å². The fourth-order valence-electron chi connectivity index (χ4n) is 1.92. The average Bonchev–Trinajstić information content (AvgIpc) is 2.53. The SMILES string of the molecule is Cn1cc(Br)c2cccc(CCC=O)c21. The first kappa shape index (κ1) is 10.4. The molecule has 0 bridgehead atoms. The molecule has 1 heterocycles. The number of hydrogen-bond donors (Lipinski definition) is 0.